The minimum Gasteiger partial charge on any atom is -0.322 e. The van der Waals surface area contributed by atoms with Gasteiger partial charge in [0.05, 0.1) is 10.6 Å². The van der Waals surface area contributed by atoms with Crippen LogP contribution < -0.4 is 5.32 Å². The summed E-state index contributed by atoms with van der Waals surface area (Å²) >= 11 is 1.62. The first-order valence-electron chi connectivity index (χ1n) is 9.32. The number of amides is 1. The fourth-order valence-corrected chi connectivity index (χ4v) is 5.13. The quantitative estimate of drug-likeness (QED) is 0.428. The van der Waals surface area contributed by atoms with Crippen molar-refractivity contribution < 1.29 is 13.2 Å². The molecule has 0 atom stereocenters. The Bertz CT molecular complexity index is 1250. The molecular weight excluding hydrogens is 414 g/mol. The van der Waals surface area contributed by atoms with Gasteiger partial charge in [-0.25, -0.2) is 8.42 Å². The zero-order valence-corrected chi connectivity index (χ0v) is 17.6. The minimum absolute atomic E-state index is 0.110. The number of nitrogens with one attached hydrogen (secondary N) is 1. The second-order valence-corrected chi connectivity index (χ2v) is 9.59. The van der Waals surface area contributed by atoms with Crippen molar-refractivity contribution in [2.45, 2.75) is 10.6 Å². The van der Waals surface area contributed by atoms with Crippen LogP contribution in [0.15, 0.2) is 101 Å². The highest BCUT2D eigenvalue weighted by molar-refractivity contribution is 7.90. The van der Waals surface area contributed by atoms with Gasteiger partial charge in [-0.1, -0.05) is 42.5 Å². The molecule has 1 amide bonds. The summed E-state index contributed by atoms with van der Waals surface area (Å²) in [6.07, 6.45) is 0. The summed E-state index contributed by atoms with van der Waals surface area (Å²) in [5, 5.41) is 6.97. The van der Waals surface area contributed by atoms with Gasteiger partial charge in [0.15, 0.2) is 9.84 Å². The molecule has 150 valence electrons. The first kappa shape index (κ1) is 20.1. The van der Waals surface area contributed by atoms with E-state index >= 15 is 0 Å². The fourth-order valence-electron chi connectivity index (χ4n) is 3.09. The number of rotatable bonds is 6. The van der Waals surface area contributed by atoms with Gasteiger partial charge in [-0.2, -0.15) is 11.3 Å². The highest BCUT2D eigenvalue weighted by Crippen LogP contribution is 2.25. The lowest BCUT2D eigenvalue weighted by Crippen LogP contribution is -2.12. The zero-order chi connectivity index (χ0) is 21.0. The van der Waals surface area contributed by atoms with Crippen LogP contribution >= 0.6 is 11.3 Å². The van der Waals surface area contributed by atoms with Gasteiger partial charge >= 0.3 is 0 Å². The van der Waals surface area contributed by atoms with Gasteiger partial charge in [0.1, 0.15) is 0 Å². The van der Waals surface area contributed by atoms with Crippen LogP contribution in [0, 0.1) is 0 Å². The topological polar surface area (TPSA) is 63.2 Å². The molecule has 3 aromatic carbocycles. The van der Waals surface area contributed by atoms with E-state index < -0.39 is 9.84 Å². The Hall–Kier alpha value is -3.22. The Morgan fingerprint density at radius 3 is 2.30 bits per heavy atom. The molecule has 0 aliphatic heterocycles. The maximum Gasteiger partial charge on any atom is 0.255 e. The molecule has 0 spiro atoms. The van der Waals surface area contributed by atoms with E-state index in [1.54, 1.807) is 65.9 Å². The first-order valence-corrected chi connectivity index (χ1v) is 11.9. The third-order valence-electron chi connectivity index (χ3n) is 4.65. The predicted molar refractivity (Wildman–Crippen MR) is 121 cm³/mol. The van der Waals surface area contributed by atoms with Crippen molar-refractivity contribution in [2.24, 2.45) is 0 Å². The molecule has 4 aromatic rings. The number of benzene rings is 3. The van der Waals surface area contributed by atoms with E-state index in [1.165, 1.54) is 0 Å². The molecule has 4 nitrogen and oxygen atoms in total. The molecule has 0 fully saturated rings. The smallest absolute Gasteiger partial charge is 0.255 e. The molecule has 0 saturated heterocycles. The lowest BCUT2D eigenvalue weighted by Gasteiger charge is -2.08. The molecule has 1 heterocycles. The SMILES string of the molecule is O=C(Nc1cccc(-c2ccsc2)c1)c1ccc(CS(=O)(=O)c2ccccc2)cc1. The Kier molecular flexibility index (Phi) is 5.79. The number of sulfone groups is 1. The Balaban J connectivity index is 1.45. The molecule has 0 aliphatic rings. The van der Waals surface area contributed by atoms with E-state index in [0.29, 0.717) is 16.8 Å². The molecule has 0 bridgehead atoms. The monoisotopic (exact) mass is 433 g/mol. The summed E-state index contributed by atoms with van der Waals surface area (Å²) in [7, 11) is -3.42. The lowest BCUT2D eigenvalue weighted by atomic mass is 10.1. The molecule has 1 aromatic heterocycles. The Labute approximate surface area is 179 Å². The molecule has 30 heavy (non-hydrogen) atoms. The zero-order valence-electron chi connectivity index (χ0n) is 16.0. The van der Waals surface area contributed by atoms with Gasteiger partial charge in [0, 0.05) is 11.3 Å². The van der Waals surface area contributed by atoms with E-state index in [9.17, 15) is 13.2 Å². The van der Waals surface area contributed by atoms with Crippen LogP contribution in [0.4, 0.5) is 5.69 Å². The van der Waals surface area contributed by atoms with E-state index in [1.807, 2.05) is 35.7 Å². The van der Waals surface area contributed by atoms with Crippen LogP contribution in [0.1, 0.15) is 15.9 Å². The van der Waals surface area contributed by atoms with Crippen molar-refractivity contribution in [1.29, 1.82) is 0 Å². The average Bonchev–Trinajstić information content (AvgIpc) is 3.30. The molecule has 1 N–H and O–H groups in total. The van der Waals surface area contributed by atoms with Crippen molar-refractivity contribution in [3.63, 3.8) is 0 Å². The van der Waals surface area contributed by atoms with E-state index in [-0.39, 0.29) is 16.6 Å². The molecule has 0 radical (unpaired) electrons. The lowest BCUT2D eigenvalue weighted by molar-refractivity contribution is 0.102. The maximum absolute atomic E-state index is 12.6. The van der Waals surface area contributed by atoms with Crippen molar-refractivity contribution in [2.75, 3.05) is 5.32 Å². The molecule has 6 heteroatoms. The maximum atomic E-state index is 12.6. The standard InChI is InChI=1S/C24H19NO3S2/c26-24(25-22-6-4-5-20(15-22)21-13-14-29-16-21)19-11-9-18(10-12-19)17-30(27,28)23-7-2-1-3-8-23/h1-16H,17H2,(H,25,26). The van der Waals surface area contributed by atoms with Crippen molar-refractivity contribution in [3.8, 4) is 11.1 Å². The average molecular weight is 434 g/mol. The summed E-state index contributed by atoms with van der Waals surface area (Å²) in [5.74, 6) is -0.350. The molecular formula is C24H19NO3S2. The van der Waals surface area contributed by atoms with Gasteiger partial charge in [-0.3, -0.25) is 4.79 Å². The van der Waals surface area contributed by atoms with Gasteiger partial charge in [-0.05, 0) is 69.9 Å². The number of thiophene rings is 1. The van der Waals surface area contributed by atoms with Crippen molar-refractivity contribution >= 4 is 32.8 Å². The largest absolute Gasteiger partial charge is 0.322 e. The summed E-state index contributed by atoms with van der Waals surface area (Å²) in [4.78, 5) is 12.9. The van der Waals surface area contributed by atoms with Crippen LogP contribution in [0.5, 0.6) is 0 Å². The first-order chi connectivity index (χ1) is 14.5. The third kappa shape index (κ3) is 4.67. The van der Waals surface area contributed by atoms with Crippen LogP contribution in [0.3, 0.4) is 0 Å². The summed E-state index contributed by atoms with van der Waals surface area (Å²) in [5.41, 5.74) is 3.96. The fraction of sp³-hybridized carbons (Fsp3) is 0.0417. The van der Waals surface area contributed by atoms with E-state index in [2.05, 4.69) is 10.7 Å². The number of anilines is 1. The molecule has 0 unspecified atom stereocenters. The van der Waals surface area contributed by atoms with E-state index in [0.717, 1.165) is 11.1 Å². The van der Waals surface area contributed by atoms with Gasteiger partial charge < -0.3 is 5.32 Å². The van der Waals surface area contributed by atoms with Gasteiger partial charge in [0.25, 0.3) is 5.91 Å². The van der Waals surface area contributed by atoms with Crippen LogP contribution in [-0.2, 0) is 15.6 Å². The number of carbonyl (C=O) groups is 1. The summed E-state index contributed by atoms with van der Waals surface area (Å²) < 4.78 is 25.0. The normalized spacial score (nSPS) is 11.2. The molecule has 0 saturated carbocycles. The van der Waals surface area contributed by atoms with Crippen LogP contribution in [-0.4, -0.2) is 14.3 Å². The molecule has 0 aliphatic carbocycles. The van der Waals surface area contributed by atoms with Crippen LogP contribution in [0.2, 0.25) is 0 Å². The summed E-state index contributed by atoms with van der Waals surface area (Å²) in [6.45, 7) is 0. The van der Waals surface area contributed by atoms with Crippen molar-refractivity contribution in [1.82, 2.24) is 0 Å². The summed E-state index contributed by atoms with van der Waals surface area (Å²) in [6, 6.07) is 24.7. The highest BCUT2D eigenvalue weighted by atomic mass is 32.2. The number of hydrogen-bond acceptors (Lipinski definition) is 4. The van der Waals surface area contributed by atoms with Gasteiger partial charge in [0.2, 0.25) is 0 Å². The minimum atomic E-state index is -3.42. The second-order valence-electron chi connectivity index (χ2n) is 6.82. The van der Waals surface area contributed by atoms with Crippen molar-refractivity contribution in [3.05, 3.63) is 107 Å². The Morgan fingerprint density at radius 2 is 1.60 bits per heavy atom. The number of hydrogen-bond donors (Lipinski definition) is 1. The number of carbonyl (C=O) groups excluding carboxylic acids is 1. The molecule has 4 rings (SSSR count). The Morgan fingerprint density at radius 1 is 0.833 bits per heavy atom. The third-order valence-corrected chi connectivity index (χ3v) is 7.04. The van der Waals surface area contributed by atoms with Gasteiger partial charge in [-0.15, -0.1) is 0 Å². The highest BCUT2D eigenvalue weighted by Gasteiger charge is 2.15. The second kappa shape index (κ2) is 8.65. The van der Waals surface area contributed by atoms with E-state index in [4.69, 9.17) is 0 Å². The predicted octanol–water partition coefficient (Wildman–Crippen LogP) is 5.64. The van der Waals surface area contributed by atoms with Crippen LogP contribution in [0.25, 0.3) is 11.1 Å².